The smallest absolute Gasteiger partial charge is 0.274 e. The summed E-state index contributed by atoms with van der Waals surface area (Å²) in [5, 5.41) is 13.4. The average Bonchev–Trinajstić information content (AvgIpc) is 3.04. The molecule has 6 nitrogen and oxygen atoms in total. The number of H-pyrrole nitrogens is 1. The van der Waals surface area contributed by atoms with Crippen LogP contribution in [0.3, 0.4) is 0 Å². The molecule has 2 N–H and O–H groups in total. The van der Waals surface area contributed by atoms with Crippen molar-refractivity contribution in [2.75, 3.05) is 13.2 Å². The molecule has 0 spiro atoms. The van der Waals surface area contributed by atoms with Crippen LogP contribution in [0.1, 0.15) is 29.8 Å². The number of carbonyl (C=O) groups is 1. The Morgan fingerprint density at radius 3 is 2.90 bits per heavy atom. The second kappa shape index (κ2) is 6.49. The van der Waals surface area contributed by atoms with Crippen molar-refractivity contribution in [3.05, 3.63) is 36.0 Å². The quantitative estimate of drug-likeness (QED) is 0.897. The topological polar surface area (TPSA) is 79.9 Å². The third-order valence-corrected chi connectivity index (χ3v) is 3.57. The van der Waals surface area contributed by atoms with Crippen molar-refractivity contribution in [1.29, 1.82) is 0 Å². The van der Waals surface area contributed by atoms with Gasteiger partial charge in [-0.25, -0.2) is 0 Å². The molecule has 0 saturated carbocycles. The summed E-state index contributed by atoms with van der Waals surface area (Å²) < 4.78 is 5.60. The van der Waals surface area contributed by atoms with Crippen LogP contribution in [0.15, 0.2) is 30.3 Å². The minimum atomic E-state index is -0.225. The maximum atomic E-state index is 12.3. The normalized spacial score (nSPS) is 18.4. The second-order valence-corrected chi connectivity index (χ2v) is 5.09. The molecule has 1 aromatic heterocycles. The summed E-state index contributed by atoms with van der Waals surface area (Å²) in [7, 11) is 0. The van der Waals surface area contributed by atoms with E-state index in [1.807, 2.05) is 30.3 Å². The van der Waals surface area contributed by atoms with Gasteiger partial charge in [0.25, 0.3) is 5.91 Å². The molecule has 2 heterocycles. The fourth-order valence-corrected chi connectivity index (χ4v) is 2.45. The first-order valence-electron chi connectivity index (χ1n) is 7.20. The van der Waals surface area contributed by atoms with Crippen molar-refractivity contribution >= 4 is 5.91 Å². The molecule has 1 saturated heterocycles. The van der Waals surface area contributed by atoms with Crippen LogP contribution >= 0.6 is 0 Å². The molecule has 1 aromatic carbocycles. The van der Waals surface area contributed by atoms with Crippen molar-refractivity contribution in [1.82, 2.24) is 20.7 Å². The highest BCUT2D eigenvalue weighted by Crippen LogP contribution is 2.19. The Bertz CT molecular complexity index is 591. The highest BCUT2D eigenvalue weighted by Gasteiger charge is 2.20. The van der Waals surface area contributed by atoms with Gasteiger partial charge >= 0.3 is 0 Å². The van der Waals surface area contributed by atoms with Crippen LogP contribution in [-0.2, 0) is 4.74 Å². The molecule has 1 amide bonds. The Kier molecular flexibility index (Phi) is 4.25. The van der Waals surface area contributed by atoms with Gasteiger partial charge in [0.15, 0.2) is 5.69 Å². The van der Waals surface area contributed by atoms with Crippen molar-refractivity contribution in [2.24, 2.45) is 0 Å². The standard InChI is InChI=1S/C15H18N4O2/c20-15(16-10-12-8-4-5-9-21-12)14-13(17-19-18-14)11-6-2-1-3-7-11/h1-3,6-7,12H,4-5,8-10H2,(H,16,20)(H,17,18,19). The first-order chi connectivity index (χ1) is 10.3. The molecule has 1 unspecified atom stereocenters. The van der Waals surface area contributed by atoms with Crippen LogP contribution in [0.4, 0.5) is 0 Å². The molecular weight excluding hydrogens is 268 g/mol. The predicted octanol–water partition coefficient (Wildman–Crippen LogP) is 1.77. The largest absolute Gasteiger partial charge is 0.376 e. The molecule has 1 aliphatic rings. The van der Waals surface area contributed by atoms with Crippen molar-refractivity contribution < 1.29 is 9.53 Å². The van der Waals surface area contributed by atoms with E-state index in [0.717, 1.165) is 31.4 Å². The monoisotopic (exact) mass is 286 g/mol. The summed E-state index contributed by atoms with van der Waals surface area (Å²) in [4.78, 5) is 12.3. The highest BCUT2D eigenvalue weighted by molar-refractivity contribution is 5.97. The lowest BCUT2D eigenvalue weighted by Gasteiger charge is -2.22. The number of hydrogen-bond donors (Lipinski definition) is 2. The number of rotatable bonds is 4. The first kappa shape index (κ1) is 13.8. The lowest BCUT2D eigenvalue weighted by atomic mass is 10.1. The van der Waals surface area contributed by atoms with E-state index < -0.39 is 0 Å². The zero-order chi connectivity index (χ0) is 14.5. The van der Waals surface area contributed by atoms with E-state index in [2.05, 4.69) is 20.7 Å². The van der Waals surface area contributed by atoms with E-state index in [1.165, 1.54) is 0 Å². The minimum Gasteiger partial charge on any atom is -0.376 e. The SMILES string of the molecule is O=C(NCC1CCCCO1)c1n[nH]nc1-c1ccccc1. The van der Waals surface area contributed by atoms with E-state index >= 15 is 0 Å². The van der Waals surface area contributed by atoms with Crippen LogP contribution in [0, 0.1) is 0 Å². The molecule has 21 heavy (non-hydrogen) atoms. The number of benzene rings is 1. The van der Waals surface area contributed by atoms with Crippen molar-refractivity contribution in [3.8, 4) is 11.3 Å². The predicted molar refractivity (Wildman–Crippen MR) is 77.7 cm³/mol. The zero-order valence-electron chi connectivity index (χ0n) is 11.7. The van der Waals surface area contributed by atoms with Crippen LogP contribution in [0.2, 0.25) is 0 Å². The number of amides is 1. The van der Waals surface area contributed by atoms with Gasteiger partial charge in [-0.05, 0) is 19.3 Å². The lowest BCUT2D eigenvalue weighted by Crippen LogP contribution is -2.35. The van der Waals surface area contributed by atoms with Crippen LogP contribution in [-0.4, -0.2) is 40.6 Å². The van der Waals surface area contributed by atoms with Gasteiger partial charge < -0.3 is 10.1 Å². The summed E-state index contributed by atoms with van der Waals surface area (Å²) in [5.41, 5.74) is 1.75. The molecule has 0 bridgehead atoms. The third-order valence-electron chi connectivity index (χ3n) is 3.57. The Hall–Kier alpha value is -2.21. The zero-order valence-corrected chi connectivity index (χ0v) is 11.7. The first-order valence-corrected chi connectivity index (χ1v) is 7.20. The second-order valence-electron chi connectivity index (χ2n) is 5.09. The molecule has 3 rings (SSSR count). The van der Waals surface area contributed by atoms with E-state index in [0.29, 0.717) is 17.9 Å². The van der Waals surface area contributed by atoms with Crippen molar-refractivity contribution in [3.63, 3.8) is 0 Å². The number of nitrogens with zero attached hydrogens (tertiary/aromatic N) is 2. The number of carbonyl (C=O) groups excluding carboxylic acids is 1. The Morgan fingerprint density at radius 1 is 1.29 bits per heavy atom. The number of ether oxygens (including phenoxy) is 1. The maximum absolute atomic E-state index is 12.3. The molecule has 110 valence electrons. The molecule has 2 aromatic rings. The summed E-state index contributed by atoms with van der Waals surface area (Å²) in [6, 6.07) is 9.53. The fraction of sp³-hybridized carbons (Fsp3) is 0.400. The number of aromatic amines is 1. The molecule has 1 fully saturated rings. The van der Waals surface area contributed by atoms with Crippen LogP contribution in [0.25, 0.3) is 11.3 Å². The van der Waals surface area contributed by atoms with E-state index in [1.54, 1.807) is 0 Å². The van der Waals surface area contributed by atoms with Gasteiger partial charge in [-0.15, -0.1) is 0 Å². The van der Waals surface area contributed by atoms with Gasteiger partial charge in [-0.2, -0.15) is 15.4 Å². The van der Waals surface area contributed by atoms with Crippen LogP contribution < -0.4 is 5.32 Å². The van der Waals surface area contributed by atoms with E-state index in [-0.39, 0.29) is 12.0 Å². The summed E-state index contributed by atoms with van der Waals surface area (Å²) in [5.74, 6) is -0.225. The fourth-order valence-electron chi connectivity index (χ4n) is 2.45. The Balaban J connectivity index is 1.66. The van der Waals surface area contributed by atoms with Gasteiger partial charge in [0.2, 0.25) is 0 Å². The molecule has 1 aliphatic heterocycles. The minimum absolute atomic E-state index is 0.106. The number of nitrogens with one attached hydrogen (secondary N) is 2. The molecule has 0 aliphatic carbocycles. The Labute approximate surface area is 122 Å². The van der Waals surface area contributed by atoms with Gasteiger partial charge in [0.1, 0.15) is 5.69 Å². The van der Waals surface area contributed by atoms with Gasteiger partial charge in [0, 0.05) is 18.7 Å². The molecule has 1 atom stereocenters. The van der Waals surface area contributed by atoms with Gasteiger partial charge in [-0.1, -0.05) is 30.3 Å². The maximum Gasteiger partial charge on any atom is 0.274 e. The summed E-state index contributed by atoms with van der Waals surface area (Å²) >= 11 is 0. The number of hydrogen-bond acceptors (Lipinski definition) is 4. The molecule has 0 radical (unpaired) electrons. The van der Waals surface area contributed by atoms with E-state index in [9.17, 15) is 4.79 Å². The van der Waals surface area contributed by atoms with Crippen LogP contribution in [0.5, 0.6) is 0 Å². The summed E-state index contributed by atoms with van der Waals surface area (Å²) in [6.07, 6.45) is 3.35. The third kappa shape index (κ3) is 3.28. The van der Waals surface area contributed by atoms with Gasteiger partial charge in [0.05, 0.1) is 6.10 Å². The van der Waals surface area contributed by atoms with Crippen molar-refractivity contribution in [2.45, 2.75) is 25.4 Å². The molecule has 6 heteroatoms. The number of aromatic nitrogens is 3. The lowest BCUT2D eigenvalue weighted by molar-refractivity contribution is 0.0168. The van der Waals surface area contributed by atoms with E-state index in [4.69, 9.17) is 4.74 Å². The highest BCUT2D eigenvalue weighted by atomic mass is 16.5. The Morgan fingerprint density at radius 2 is 2.14 bits per heavy atom. The molecular formula is C15H18N4O2. The average molecular weight is 286 g/mol. The van der Waals surface area contributed by atoms with Gasteiger partial charge in [-0.3, -0.25) is 4.79 Å². The summed E-state index contributed by atoms with van der Waals surface area (Å²) in [6.45, 7) is 1.29.